The van der Waals surface area contributed by atoms with Gasteiger partial charge in [0.05, 0.1) is 22.9 Å². The molecule has 0 radical (unpaired) electrons. The molecule has 6 nitrogen and oxygen atoms in total. The maximum Gasteiger partial charge on any atom is 0.335 e. The van der Waals surface area contributed by atoms with E-state index in [2.05, 4.69) is 30.7 Å². The Morgan fingerprint density at radius 2 is 1.90 bits per heavy atom. The van der Waals surface area contributed by atoms with E-state index in [0.29, 0.717) is 24.1 Å². The van der Waals surface area contributed by atoms with E-state index in [9.17, 15) is 14.7 Å². The Bertz CT molecular complexity index is 1200. The average molecular weight is 403 g/mol. The van der Waals surface area contributed by atoms with Gasteiger partial charge in [-0.2, -0.15) is 0 Å². The van der Waals surface area contributed by atoms with E-state index >= 15 is 0 Å². The van der Waals surface area contributed by atoms with Crippen LogP contribution in [-0.4, -0.2) is 44.4 Å². The van der Waals surface area contributed by atoms with Crippen molar-refractivity contribution in [2.24, 2.45) is 5.41 Å². The molecular weight excluding hydrogens is 378 g/mol. The summed E-state index contributed by atoms with van der Waals surface area (Å²) in [6.07, 6.45) is 3.14. The number of rotatable bonds is 2. The van der Waals surface area contributed by atoms with Crippen molar-refractivity contribution in [3.63, 3.8) is 0 Å². The van der Waals surface area contributed by atoms with Gasteiger partial charge in [0, 0.05) is 23.6 Å². The van der Waals surface area contributed by atoms with Crippen LogP contribution in [0.5, 0.6) is 0 Å². The van der Waals surface area contributed by atoms with Crippen LogP contribution in [0.1, 0.15) is 59.0 Å². The summed E-state index contributed by atoms with van der Waals surface area (Å²) in [6, 6.07) is 11.1. The highest BCUT2D eigenvalue weighted by Crippen LogP contribution is 2.56. The third-order valence-electron chi connectivity index (χ3n) is 7.77. The number of carbonyl (C=O) groups is 2. The number of aromatic nitrogens is 2. The standard InChI is InChI=1S/C24H25N3O3/c1-23(2)20-12-16-10-15(22(29)30)4-6-17(16)24(23,3)8-9-27(20)21(28)14-5-7-18-19(11-14)26-13-25-18/h4-7,10-11,13,20H,8-9,12H2,1-3H3,(H,25,26)(H,29,30). The fourth-order valence-electron chi connectivity index (χ4n) is 5.55. The predicted octanol–water partition coefficient (Wildman–Crippen LogP) is 4.02. The lowest BCUT2D eigenvalue weighted by Crippen LogP contribution is -2.64. The fraction of sp³-hybridized carbons (Fsp3) is 0.375. The van der Waals surface area contributed by atoms with E-state index in [1.54, 1.807) is 18.5 Å². The van der Waals surface area contributed by atoms with E-state index in [1.807, 2.05) is 29.2 Å². The quantitative estimate of drug-likeness (QED) is 0.677. The first-order chi connectivity index (χ1) is 14.2. The summed E-state index contributed by atoms with van der Waals surface area (Å²) in [5, 5.41) is 9.44. The van der Waals surface area contributed by atoms with Crippen molar-refractivity contribution in [2.45, 2.75) is 45.1 Å². The fourth-order valence-corrected chi connectivity index (χ4v) is 5.55. The zero-order valence-corrected chi connectivity index (χ0v) is 17.4. The number of H-pyrrole nitrogens is 1. The van der Waals surface area contributed by atoms with Gasteiger partial charge in [0.2, 0.25) is 0 Å². The third-order valence-corrected chi connectivity index (χ3v) is 7.77. The number of carboxylic acids is 1. The molecule has 0 spiro atoms. The van der Waals surface area contributed by atoms with Gasteiger partial charge in [-0.05, 0) is 59.7 Å². The lowest BCUT2D eigenvalue weighted by Gasteiger charge is -2.60. The molecular formula is C24H25N3O3. The third kappa shape index (κ3) is 2.46. The highest BCUT2D eigenvalue weighted by Gasteiger charge is 2.56. The molecule has 1 aliphatic heterocycles. The Labute approximate surface area is 174 Å². The molecule has 2 aromatic carbocycles. The maximum atomic E-state index is 13.5. The predicted molar refractivity (Wildman–Crippen MR) is 114 cm³/mol. The number of carbonyl (C=O) groups excluding carboxylic acids is 1. The van der Waals surface area contributed by atoms with Gasteiger partial charge < -0.3 is 15.0 Å². The zero-order valence-electron chi connectivity index (χ0n) is 17.4. The Morgan fingerprint density at radius 3 is 2.67 bits per heavy atom. The Hall–Kier alpha value is -3.15. The molecule has 1 saturated heterocycles. The van der Waals surface area contributed by atoms with Crippen LogP contribution < -0.4 is 0 Å². The number of amides is 1. The second-order valence-corrected chi connectivity index (χ2v) is 9.33. The van der Waals surface area contributed by atoms with Crippen molar-refractivity contribution < 1.29 is 14.7 Å². The average Bonchev–Trinajstić information content (AvgIpc) is 3.17. The Kier molecular flexibility index (Phi) is 3.88. The van der Waals surface area contributed by atoms with Gasteiger partial charge in [-0.3, -0.25) is 4.79 Å². The van der Waals surface area contributed by atoms with Gasteiger partial charge in [0.15, 0.2) is 0 Å². The molecule has 2 unspecified atom stereocenters. The molecule has 1 amide bonds. The molecule has 6 heteroatoms. The largest absolute Gasteiger partial charge is 0.478 e. The highest BCUT2D eigenvalue weighted by molar-refractivity contribution is 5.97. The molecule has 1 aromatic heterocycles. The number of aromatic amines is 1. The maximum absolute atomic E-state index is 13.5. The normalized spacial score (nSPS) is 24.5. The molecule has 5 rings (SSSR count). The second kappa shape index (κ2) is 6.17. The van der Waals surface area contributed by atoms with Crippen LogP contribution >= 0.6 is 0 Å². The van der Waals surface area contributed by atoms with Crippen LogP contribution in [0.15, 0.2) is 42.7 Å². The topological polar surface area (TPSA) is 86.3 Å². The van der Waals surface area contributed by atoms with E-state index in [1.165, 1.54) is 5.56 Å². The van der Waals surface area contributed by atoms with Crippen LogP contribution in [0.2, 0.25) is 0 Å². The number of hydrogen-bond acceptors (Lipinski definition) is 3. The summed E-state index contributed by atoms with van der Waals surface area (Å²) in [4.78, 5) is 34.4. The van der Waals surface area contributed by atoms with Gasteiger partial charge in [-0.1, -0.05) is 26.8 Å². The molecule has 2 aliphatic rings. The van der Waals surface area contributed by atoms with Crippen LogP contribution in [0.4, 0.5) is 0 Å². The number of benzene rings is 2. The summed E-state index contributed by atoms with van der Waals surface area (Å²) < 4.78 is 0. The number of piperidine rings is 1. The van der Waals surface area contributed by atoms with Crippen LogP contribution in [-0.2, 0) is 11.8 Å². The van der Waals surface area contributed by atoms with Crippen molar-refractivity contribution in [3.8, 4) is 0 Å². The molecule has 30 heavy (non-hydrogen) atoms. The number of hydrogen-bond donors (Lipinski definition) is 2. The number of fused-ring (bicyclic) bond motifs is 5. The molecule has 2 atom stereocenters. The monoisotopic (exact) mass is 403 g/mol. The summed E-state index contributed by atoms with van der Waals surface area (Å²) in [5.74, 6) is -0.900. The van der Waals surface area contributed by atoms with Gasteiger partial charge >= 0.3 is 5.97 Å². The summed E-state index contributed by atoms with van der Waals surface area (Å²) in [5.41, 5.74) is 4.65. The molecule has 0 saturated carbocycles. The van der Waals surface area contributed by atoms with Crippen LogP contribution in [0.25, 0.3) is 11.0 Å². The van der Waals surface area contributed by atoms with E-state index < -0.39 is 5.97 Å². The van der Waals surface area contributed by atoms with Crippen molar-refractivity contribution >= 4 is 22.9 Å². The number of likely N-dealkylation sites (tertiary alicyclic amines) is 1. The lowest BCUT2D eigenvalue weighted by atomic mass is 9.51. The minimum Gasteiger partial charge on any atom is -0.478 e. The first kappa shape index (κ1) is 18.9. The number of imidazole rings is 1. The molecule has 2 N–H and O–H groups in total. The number of aromatic carboxylic acids is 1. The molecule has 3 aromatic rings. The number of nitrogens with zero attached hydrogens (tertiary/aromatic N) is 2. The van der Waals surface area contributed by atoms with Gasteiger partial charge in [-0.15, -0.1) is 0 Å². The van der Waals surface area contributed by atoms with Gasteiger partial charge in [-0.25, -0.2) is 9.78 Å². The number of nitrogens with one attached hydrogen (secondary N) is 1. The first-order valence-electron chi connectivity index (χ1n) is 10.3. The summed E-state index contributed by atoms with van der Waals surface area (Å²) in [6.45, 7) is 7.42. The minimum absolute atomic E-state index is 0.00208. The van der Waals surface area contributed by atoms with E-state index in [0.717, 1.165) is 23.0 Å². The van der Waals surface area contributed by atoms with E-state index in [-0.39, 0.29) is 22.8 Å². The first-order valence-corrected chi connectivity index (χ1v) is 10.3. The molecule has 2 bridgehead atoms. The molecule has 1 aliphatic carbocycles. The smallest absolute Gasteiger partial charge is 0.335 e. The van der Waals surface area contributed by atoms with Crippen molar-refractivity contribution in [1.29, 1.82) is 0 Å². The molecule has 2 heterocycles. The van der Waals surface area contributed by atoms with Crippen LogP contribution in [0, 0.1) is 5.41 Å². The SMILES string of the molecule is CC12CCN(C(=O)c3ccc4nc[nH]c4c3)C(Cc3cc(C(=O)O)ccc31)C2(C)C. The minimum atomic E-state index is -0.918. The van der Waals surface area contributed by atoms with Gasteiger partial charge in [0.25, 0.3) is 5.91 Å². The van der Waals surface area contributed by atoms with E-state index in [4.69, 9.17) is 0 Å². The summed E-state index contributed by atoms with van der Waals surface area (Å²) in [7, 11) is 0. The van der Waals surface area contributed by atoms with Crippen molar-refractivity contribution in [1.82, 2.24) is 14.9 Å². The zero-order chi connectivity index (χ0) is 21.3. The Balaban J connectivity index is 1.57. The molecule has 1 fully saturated rings. The Morgan fingerprint density at radius 1 is 1.13 bits per heavy atom. The van der Waals surface area contributed by atoms with Gasteiger partial charge in [0.1, 0.15) is 0 Å². The molecule has 154 valence electrons. The number of carboxylic acid groups (broad SMARTS) is 1. The highest BCUT2D eigenvalue weighted by atomic mass is 16.4. The van der Waals surface area contributed by atoms with Crippen molar-refractivity contribution in [3.05, 3.63) is 65.0 Å². The summed E-state index contributed by atoms with van der Waals surface area (Å²) >= 11 is 0. The van der Waals surface area contributed by atoms with Crippen molar-refractivity contribution in [2.75, 3.05) is 6.54 Å². The lowest BCUT2D eigenvalue weighted by molar-refractivity contribution is -0.0262. The van der Waals surface area contributed by atoms with Crippen LogP contribution in [0.3, 0.4) is 0 Å². The second-order valence-electron chi connectivity index (χ2n) is 9.33.